The van der Waals surface area contributed by atoms with Crippen molar-refractivity contribution in [1.82, 2.24) is 20.4 Å². The lowest BCUT2D eigenvalue weighted by Crippen LogP contribution is -2.48. The standard InChI is InChI=1S/C18H24N4O2S/c1-14-20-21-18(24-14)25-13-17(23)19-16-8-5-10-22(12-16)11-9-15-6-3-2-4-7-15/h2-4,6-7,16H,5,8-13H2,1H3,(H,19,23)/t16-/m1/s1. The number of amides is 1. The van der Waals surface area contributed by atoms with Crippen LogP contribution in [0.1, 0.15) is 24.3 Å². The summed E-state index contributed by atoms with van der Waals surface area (Å²) in [5, 5.41) is 11.2. The van der Waals surface area contributed by atoms with E-state index < -0.39 is 0 Å². The van der Waals surface area contributed by atoms with Crippen LogP contribution in [0.15, 0.2) is 40.0 Å². The van der Waals surface area contributed by atoms with Gasteiger partial charge in [-0.05, 0) is 31.4 Å². The van der Waals surface area contributed by atoms with Crippen molar-refractivity contribution < 1.29 is 9.21 Å². The zero-order chi connectivity index (χ0) is 17.5. The molecule has 1 saturated heterocycles. The molecule has 1 aliphatic rings. The number of carbonyl (C=O) groups is 1. The Morgan fingerprint density at radius 1 is 1.36 bits per heavy atom. The highest BCUT2D eigenvalue weighted by Crippen LogP contribution is 2.16. The van der Waals surface area contributed by atoms with Crippen LogP contribution in [0.2, 0.25) is 0 Å². The first-order chi connectivity index (χ1) is 12.2. The molecule has 0 unspecified atom stereocenters. The molecule has 1 aromatic heterocycles. The van der Waals surface area contributed by atoms with Gasteiger partial charge in [0.05, 0.1) is 5.75 Å². The van der Waals surface area contributed by atoms with Crippen LogP contribution in [-0.2, 0) is 11.2 Å². The van der Waals surface area contributed by atoms with Crippen molar-refractivity contribution in [2.45, 2.75) is 37.5 Å². The minimum absolute atomic E-state index is 0.0239. The van der Waals surface area contributed by atoms with E-state index in [9.17, 15) is 4.79 Å². The zero-order valence-electron chi connectivity index (χ0n) is 14.5. The van der Waals surface area contributed by atoms with Crippen LogP contribution in [0.4, 0.5) is 0 Å². The number of piperidine rings is 1. The predicted octanol–water partition coefficient (Wildman–Crippen LogP) is 2.29. The molecule has 25 heavy (non-hydrogen) atoms. The van der Waals surface area contributed by atoms with E-state index in [1.807, 2.05) is 6.07 Å². The smallest absolute Gasteiger partial charge is 0.277 e. The van der Waals surface area contributed by atoms with Crippen LogP contribution in [0.25, 0.3) is 0 Å². The average Bonchev–Trinajstić information content (AvgIpc) is 3.05. The largest absolute Gasteiger partial charge is 0.416 e. The third-order valence-corrected chi connectivity index (χ3v) is 5.08. The fraction of sp³-hybridized carbons (Fsp3) is 0.500. The summed E-state index contributed by atoms with van der Waals surface area (Å²) in [5.41, 5.74) is 1.36. The summed E-state index contributed by atoms with van der Waals surface area (Å²) in [7, 11) is 0. The van der Waals surface area contributed by atoms with Crippen molar-refractivity contribution in [3.8, 4) is 0 Å². The first-order valence-electron chi connectivity index (χ1n) is 8.67. The van der Waals surface area contributed by atoms with Crippen LogP contribution < -0.4 is 5.32 Å². The third-order valence-electron chi connectivity index (χ3n) is 4.26. The molecule has 2 aromatic rings. The van der Waals surface area contributed by atoms with E-state index >= 15 is 0 Å². The van der Waals surface area contributed by atoms with E-state index in [-0.39, 0.29) is 11.9 Å². The predicted molar refractivity (Wildman–Crippen MR) is 97.5 cm³/mol. The molecule has 0 aliphatic carbocycles. The molecular formula is C18H24N4O2S. The molecule has 3 rings (SSSR count). The fourth-order valence-corrected chi connectivity index (χ4v) is 3.66. The Morgan fingerprint density at radius 2 is 2.20 bits per heavy atom. The summed E-state index contributed by atoms with van der Waals surface area (Å²) in [6, 6.07) is 10.8. The summed E-state index contributed by atoms with van der Waals surface area (Å²) < 4.78 is 5.27. The van der Waals surface area contributed by atoms with E-state index in [1.165, 1.54) is 17.3 Å². The van der Waals surface area contributed by atoms with E-state index in [1.54, 1.807) is 6.92 Å². The molecule has 1 aliphatic heterocycles. The van der Waals surface area contributed by atoms with Gasteiger partial charge < -0.3 is 14.6 Å². The number of nitrogens with one attached hydrogen (secondary N) is 1. The first-order valence-corrected chi connectivity index (χ1v) is 9.66. The molecule has 1 amide bonds. The molecule has 1 N–H and O–H groups in total. The number of carbonyl (C=O) groups excluding carboxylic acids is 1. The van der Waals surface area contributed by atoms with Gasteiger partial charge >= 0.3 is 0 Å². The molecule has 0 spiro atoms. The molecule has 1 aromatic carbocycles. The second-order valence-electron chi connectivity index (χ2n) is 6.32. The molecule has 2 heterocycles. The molecule has 7 heteroatoms. The van der Waals surface area contributed by atoms with Gasteiger partial charge in [-0.15, -0.1) is 10.2 Å². The molecular weight excluding hydrogens is 336 g/mol. The van der Waals surface area contributed by atoms with Crippen LogP contribution in [0.5, 0.6) is 0 Å². The Kier molecular flexibility index (Phi) is 6.47. The van der Waals surface area contributed by atoms with Gasteiger partial charge in [0.1, 0.15) is 0 Å². The SMILES string of the molecule is Cc1nnc(SCC(=O)N[C@@H]2CCCN(CCc3ccccc3)C2)o1. The highest BCUT2D eigenvalue weighted by Gasteiger charge is 2.21. The average molecular weight is 360 g/mol. The topological polar surface area (TPSA) is 71.3 Å². The number of aryl methyl sites for hydroxylation is 1. The summed E-state index contributed by atoms with van der Waals surface area (Å²) in [6.07, 6.45) is 3.21. The molecule has 1 fully saturated rings. The van der Waals surface area contributed by atoms with Gasteiger partial charge in [-0.2, -0.15) is 0 Å². The Bertz CT molecular complexity index is 677. The van der Waals surface area contributed by atoms with Crippen molar-refractivity contribution in [2.24, 2.45) is 0 Å². The Morgan fingerprint density at radius 3 is 2.96 bits per heavy atom. The maximum absolute atomic E-state index is 12.1. The molecule has 0 bridgehead atoms. The maximum Gasteiger partial charge on any atom is 0.277 e. The van der Waals surface area contributed by atoms with E-state index in [0.29, 0.717) is 16.9 Å². The number of rotatable bonds is 7. The minimum atomic E-state index is 0.0239. The van der Waals surface area contributed by atoms with Gasteiger partial charge in [-0.3, -0.25) is 4.79 Å². The molecule has 134 valence electrons. The van der Waals surface area contributed by atoms with Crippen molar-refractivity contribution in [3.63, 3.8) is 0 Å². The van der Waals surface area contributed by atoms with Crippen molar-refractivity contribution in [1.29, 1.82) is 0 Å². The number of benzene rings is 1. The van der Waals surface area contributed by atoms with Crippen molar-refractivity contribution in [3.05, 3.63) is 41.8 Å². The minimum Gasteiger partial charge on any atom is -0.416 e. The molecule has 0 saturated carbocycles. The number of hydrogen-bond acceptors (Lipinski definition) is 6. The fourth-order valence-electron chi connectivity index (χ4n) is 3.04. The Labute approximate surface area is 152 Å². The van der Waals surface area contributed by atoms with Gasteiger partial charge in [0.2, 0.25) is 11.8 Å². The van der Waals surface area contributed by atoms with E-state index in [4.69, 9.17) is 4.42 Å². The van der Waals surface area contributed by atoms with Crippen LogP contribution >= 0.6 is 11.8 Å². The van der Waals surface area contributed by atoms with E-state index in [0.717, 1.165) is 38.9 Å². The highest BCUT2D eigenvalue weighted by molar-refractivity contribution is 7.99. The molecule has 1 atom stereocenters. The van der Waals surface area contributed by atoms with Crippen molar-refractivity contribution in [2.75, 3.05) is 25.4 Å². The zero-order valence-corrected chi connectivity index (χ0v) is 15.3. The summed E-state index contributed by atoms with van der Waals surface area (Å²) >= 11 is 1.28. The number of aromatic nitrogens is 2. The monoisotopic (exact) mass is 360 g/mol. The summed E-state index contributed by atoms with van der Waals surface area (Å²) in [5.74, 6) is 0.849. The molecule has 0 radical (unpaired) electrons. The van der Waals surface area contributed by atoms with Gasteiger partial charge in [-0.25, -0.2) is 0 Å². The quantitative estimate of drug-likeness (QED) is 0.764. The lowest BCUT2D eigenvalue weighted by Gasteiger charge is -2.33. The number of likely N-dealkylation sites (tertiary alicyclic amines) is 1. The lowest BCUT2D eigenvalue weighted by molar-refractivity contribution is -0.119. The highest BCUT2D eigenvalue weighted by atomic mass is 32.2. The van der Waals surface area contributed by atoms with Gasteiger partial charge in [-0.1, -0.05) is 42.1 Å². The number of nitrogens with zero attached hydrogens (tertiary/aromatic N) is 3. The van der Waals surface area contributed by atoms with Crippen LogP contribution in [-0.4, -0.2) is 52.4 Å². The van der Waals surface area contributed by atoms with Crippen LogP contribution in [0.3, 0.4) is 0 Å². The number of thioether (sulfide) groups is 1. The van der Waals surface area contributed by atoms with Crippen molar-refractivity contribution >= 4 is 17.7 Å². The normalized spacial score (nSPS) is 18.2. The Hall–Kier alpha value is -1.86. The summed E-state index contributed by atoms with van der Waals surface area (Å²) in [6.45, 7) is 4.80. The maximum atomic E-state index is 12.1. The number of hydrogen-bond donors (Lipinski definition) is 1. The second kappa shape index (κ2) is 9.01. The molecule has 6 nitrogen and oxygen atoms in total. The lowest BCUT2D eigenvalue weighted by atomic mass is 10.0. The van der Waals surface area contributed by atoms with Gasteiger partial charge in [0.25, 0.3) is 5.22 Å². The van der Waals surface area contributed by atoms with Crippen LogP contribution in [0, 0.1) is 6.92 Å². The van der Waals surface area contributed by atoms with Gasteiger partial charge in [0, 0.05) is 26.1 Å². The summed E-state index contributed by atoms with van der Waals surface area (Å²) in [4.78, 5) is 14.6. The van der Waals surface area contributed by atoms with Gasteiger partial charge in [0.15, 0.2) is 0 Å². The second-order valence-corrected chi connectivity index (χ2v) is 7.25. The first kappa shape index (κ1) is 17.9. The van der Waals surface area contributed by atoms with E-state index in [2.05, 4.69) is 44.7 Å². The Balaban J connectivity index is 1.39. The third kappa shape index (κ3) is 5.86.